The lowest BCUT2D eigenvalue weighted by Gasteiger charge is -2.10. The summed E-state index contributed by atoms with van der Waals surface area (Å²) in [6.07, 6.45) is 2.76. The molecule has 37 heavy (non-hydrogen) atoms. The lowest BCUT2D eigenvalue weighted by molar-refractivity contribution is 0.0951. The molecule has 10 nitrogen and oxygen atoms in total. The van der Waals surface area contributed by atoms with Crippen molar-refractivity contribution in [3.63, 3.8) is 0 Å². The number of nitrogens with zero attached hydrogens (tertiary/aromatic N) is 5. The monoisotopic (exact) mass is 543 g/mol. The van der Waals surface area contributed by atoms with Crippen molar-refractivity contribution in [2.75, 3.05) is 37.4 Å². The summed E-state index contributed by atoms with van der Waals surface area (Å²) in [4.78, 5) is 22.5. The van der Waals surface area contributed by atoms with Gasteiger partial charge < -0.3 is 19.9 Å². The van der Waals surface area contributed by atoms with Gasteiger partial charge in [-0.1, -0.05) is 53.6 Å². The van der Waals surface area contributed by atoms with E-state index in [1.165, 1.54) is 0 Å². The van der Waals surface area contributed by atoms with E-state index in [1.54, 1.807) is 41.7 Å². The number of benzene rings is 1. The second-order valence-corrected chi connectivity index (χ2v) is 9.60. The Morgan fingerprint density at radius 1 is 1.22 bits per heavy atom. The highest BCUT2D eigenvalue weighted by atomic mass is 35.5. The predicted octanol–water partition coefficient (Wildman–Crippen LogP) is 4.82. The highest BCUT2D eigenvalue weighted by Crippen LogP contribution is 2.31. The fourth-order valence-corrected chi connectivity index (χ4v) is 4.64. The number of amides is 1. The minimum Gasteiger partial charge on any atom is -0.380 e. The number of fused-ring (bicyclic) bond motifs is 1. The van der Waals surface area contributed by atoms with E-state index in [2.05, 4.69) is 32.8 Å². The molecule has 1 aromatic carbocycles. The smallest absolute Gasteiger partial charge is 0.257 e. The third-order valence-electron chi connectivity index (χ3n) is 5.48. The van der Waals surface area contributed by atoms with Crippen LogP contribution in [0.5, 0.6) is 0 Å². The first-order valence-corrected chi connectivity index (χ1v) is 13.6. The molecule has 1 amide bonds. The summed E-state index contributed by atoms with van der Waals surface area (Å²) in [6.45, 7) is 8.42. The van der Waals surface area contributed by atoms with Crippen LogP contribution in [-0.4, -0.2) is 62.9 Å². The van der Waals surface area contributed by atoms with Crippen molar-refractivity contribution in [1.82, 2.24) is 30.2 Å². The van der Waals surface area contributed by atoms with Gasteiger partial charge in [0.25, 0.3) is 5.91 Å². The molecular formula is C25H30ClN7O3S. The van der Waals surface area contributed by atoms with Crippen molar-refractivity contribution < 1.29 is 14.1 Å². The van der Waals surface area contributed by atoms with E-state index >= 15 is 0 Å². The van der Waals surface area contributed by atoms with Crippen LogP contribution in [0.15, 0.2) is 40.1 Å². The topological polar surface area (TPSA) is 120 Å². The molecule has 0 saturated carbocycles. The zero-order valence-corrected chi connectivity index (χ0v) is 22.7. The van der Waals surface area contributed by atoms with E-state index in [-0.39, 0.29) is 5.91 Å². The summed E-state index contributed by atoms with van der Waals surface area (Å²) in [5.41, 5.74) is 2.13. The Bertz CT molecular complexity index is 1360. The molecule has 4 aromatic rings. The van der Waals surface area contributed by atoms with E-state index in [0.29, 0.717) is 71.3 Å². The van der Waals surface area contributed by atoms with Crippen molar-refractivity contribution in [2.24, 2.45) is 0 Å². The molecule has 0 radical (unpaired) electrons. The van der Waals surface area contributed by atoms with Crippen molar-refractivity contribution in [3.05, 3.63) is 46.8 Å². The Kier molecular flexibility index (Phi) is 9.37. The average Bonchev–Trinajstić information content (AvgIpc) is 3.49. The Morgan fingerprint density at radius 3 is 2.84 bits per heavy atom. The Labute approximate surface area is 224 Å². The summed E-state index contributed by atoms with van der Waals surface area (Å²) >= 11 is 7.93. The van der Waals surface area contributed by atoms with E-state index < -0.39 is 0 Å². The van der Waals surface area contributed by atoms with Gasteiger partial charge in [-0.15, -0.1) is 0 Å². The van der Waals surface area contributed by atoms with E-state index in [0.717, 1.165) is 23.4 Å². The Balaban J connectivity index is 1.49. The molecule has 0 unspecified atom stereocenters. The van der Waals surface area contributed by atoms with E-state index in [9.17, 15) is 4.79 Å². The summed E-state index contributed by atoms with van der Waals surface area (Å²) < 4.78 is 12.5. The van der Waals surface area contributed by atoms with Gasteiger partial charge in [-0.05, 0) is 26.3 Å². The van der Waals surface area contributed by atoms with Crippen molar-refractivity contribution in [1.29, 1.82) is 0 Å². The molecule has 0 bridgehead atoms. The molecule has 2 N–H and O–H groups in total. The standard InChI is InChI=1S/C25H30ClN7O3S/c1-4-14-37-25-30-22(27-11-13-35-5-2)18-15-29-33(23(18)31-25)12-10-28-24(34)20-16(3)36-32-21(20)17-8-6-7-9-19(17)26/h6-9,15H,4-5,10-14H2,1-3H3,(H,28,34)(H,27,30,31). The number of hydrogen-bond acceptors (Lipinski definition) is 9. The third kappa shape index (κ3) is 6.41. The molecule has 196 valence electrons. The SMILES string of the molecule is CCCSc1nc(NCCOCC)c2cnn(CCNC(=O)c3c(-c4ccccc4Cl)noc3C)c2n1. The van der Waals surface area contributed by atoms with Crippen molar-refractivity contribution in [3.8, 4) is 11.3 Å². The minimum absolute atomic E-state index is 0.294. The molecule has 0 atom stereocenters. The highest BCUT2D eigenvalue weighted by molar-refractivity contribution is 7.99. The second kappa shape index (κ2) is 12.9. The number of thioether (sulfide) groups is 1. The first-order valence-electron chi connectivity index (χ1n) is 12.2. The molecule has 0 aliphatic heterocycles. The van der Waals surface area contributed by atoms with Gasteiger partial charge in [0.2, 0.25) is 0 Å². The van der Waals surface area contributed by atoms with Gasteiger partial charge in [-0.2, -0.15) is 5.10 Å². The first kappa shape index (κ1) is 26.9. The van der Waals surface area contributed by atoms with Crippen LogP contribution in [0, 0.1) is 6.92 Å². The molecular weight excluding hydrogens is 514 g/mol. The molecule has 0 aliphatic carbocycles. The summed E-state index contributed by atoms with van der Waals surface area (Å²) in [5, 5.41) is 16.9. The zero-order chi connectivity index (χ0) is 26.2. The number of hydrogen-bond donors (Lipinski definition) is 2. The third-order valence-corrected chi connectivity index (χ3v) is 6.86. The van der Waals surface area contributed by atoms with Crippen LogP contribution in [0.25, 0.3) is 22.3 Å². The van der Waals surface area contributed by atoms with Crippen LogP contribution >= 0.6 is 23.4 Å². The van der Waals surface area contributed by atoms with Gasteiger partial charge in [-0.3, -0.25) is 4.79 Å². The fourth-order valence-electron chi connectivity index (χ4n) is 3.72. The first-order chi connectivity index (χ1) is 18.0. The summed E-state index contributed by atoms with van der Waals surface area (Å²) in [7, 11) is 0. The van der Waals surface area contributed by atoms with E-state index in [4.69, 9.17) is 25.8 Å². The maximum atomic E-state index is 13.1. The van der Waals surface area contributed by atoms with Crippen LogP contribution < -0.4 is 10.6 Å². The van der Waals surface area contributed by atoms with Crippen molar-refractivity contribution in [2.45, 2.75) is 38.9 Å². The van der Waals surface area contributed by atoms with Crippen molar-refractivity contribution >= 4 is 46.1 Å². The van der Waals surface area contributed by atoms with E-state index in [1.807, 2.05) is 19.1 Å². The highest BCUT2D eigenvalue weighted by Gasteiger charge is 2.23. The number of rotatable bonds is 13. The maximum absolute atomic E-state index is 13.1. The fraction of sp³-hybridized carbons (Fsp3) is 0.400. The van der Waals surface area contributed by atoms with Crippen LogP contribution in [0.3, 0.4) is 0 Å². The molecule has 3 aromatic heterocycles. The average molecular weight is 544 g/mol. The number of halogens is 1. The van der Waals surface area contributed by atoms with Gasteiger partial charge >= 0.3 is 0 Å². The van der Waals surface area contributed by atoms with Gasteiger partial charge in [0, 0.05) is 31.0 Å². The van der Waals surface area contributed by atoms with Crippen LogP contribution in [0.4, 0.5) is 5.82 Å². The van der Waals surface area contributed by atoms with Gasteiger partial charge in [0.1, 0.15) is 22.8 Å². The van der Waals surface area contributed by atoms with Gasteiger partial charge in [-0.25, -0.2) is 14.6 Å². The number of aromatic nitrogens is 5. The predicted molar refractivity (Wildman–Crippen MR) is 145 cm³/mol. The summed E-state index contributed by atoms with van der Waals surface area (Å²) in [6, 6.07) is 7.22. The lowest BCUT2D eigenvalue weighted by atomic mass is 10.1. The quantitative estimate of drug-likeness (QED) is 0.139. The molecule has 0 saturated heterocycles. The minimum atomic E-state index is -0.294. The van der Waals surface area contributed by atoms with Gasteiger partial charge in [0.15, 0.2) is 10.8 Å². The number of aryl methyl sites for hydroxylation is 1. The van der Waals surface area contributed by atoms with Crippen LogP contribution in [0.2, 0.25) is 5.02 Å². The molecule has 0 aliphatic rings. The number of carbonyl (C=O) groups excluding carboxylic acids is 1. The van der Waals surface area contributed by atoms with Gasteiger partial charge in [0.05, 0.1) is 29.8 Å². The molecule has 0 fully saturated rings. The molecule has 0 spiro atoms. The normalized spacial score (nSPS) is 11.2. The van der Waals surface area contributed by atoms with Crippen LogP contribution in [-0.2, 0) is 11.3 Å². The maximum Gasteiger partial charge on any atom is 0.257 e. The Morgan fingerprint density at radius 2 is 2.05 bits per heavy atom. The number of ether oxygens (including phenoxy) is 1. The largest absolute Gasteiger partial charge is 0.380 e. The number of carbonyl (C=O) groups is 1. The van der Waals surface area contributed by atoms with Crippen LogP contribution in [0.1, 0.15) is 36.4 Å². The molecule has 3 heterocycles. The molecule has 4 rings (SSSR count). The molecule has 12 heteroatoms. The summed E-state index contributed by atoms with van der Waals surface area (Å²) in [5.74, 6) is 1.77. The second-order valence-electron chi connectivity index (χ2n) is 8.13. The zero-order valence-electron chi connectivity index (χ0n) is 21.1. The lowest BCUT2D eigenvalue weighted by Crippen LogP contribution is -2.28. The number of nitrogens with one attached hydrogen (secondary N) is 2. The number of anilines is 1. The Hall–Kier alpha value is -3.15.